The van der Waals surface area contributed by atoms with Crippen molar-refractivity contribution in [3.63, 3.8) is 0 Å². The van der Waals surface area contributed by atoms with Crippen molar-refractivity contribution in [2.45, 2.75) is 38.9 Å². The van der Waals surface area contributed by atoms with Crippen molar-refractivity contribution in [3.8, 4) is 11.8 Å². The molecule has 3 aromatic heterocycles. The number of imidazole rings is 1. The van der Waals surface area contributed by atoms with Gasteiger partial charge in [-0.2, -0.15) is 4.98 Å². The van der Waals surface area contributed by atoms with Crippen LogP contribution in [0.1, 0.15) is 25.5 Å². The van der Waals surface area contributed by atoms with Crippen LogP contribution in [-0.4, -0.2) is 37.8 Å². The minimum Gasteiger partial charge on any atom is -0.459 e. The first kappa shape index (κ1) is 21.1. The number of benzene rings is 1. The van der Waals surface area contributed by atoms with E-state index in [9.17, 15) is 9.59 Å². The van der Waals surface area contributed by atoms with Crippen LogP contribution in [0.25, 0.3) is 22.1 Å². The van der Waals surface area contributed by atoms with Gasteiger partial charge in [-0.1, -0.05) is 24.1 Å². The number of rotatable bonds is 4. The number of para-hydroxylation sites is 1. The summed E-state index contributed by atoms with van der Waals surface area (Å²) < 4.78 is 10.3. The molecular weight excluding hydrogens is 420 g/mol. The molecule has 170 valence electrons. The molecule has 5 rings (SSSR count). The van der Waals surface area contributed by atoms with E-state index in [2.05, 4.69) is 16.7 Å². The zero-order valence-corrected chi connectivity index (χ0v) is 18.7. The summed E-state index contributed by atoms with van der Waals surface area (Å²) in [5, 5.41) is 0.922. The van der Waals surface area contributed by atoms with Crippen LogP contribution >= 0.6 is 0 Å². The predicted molar refractivity (Wildman–Crippen MR) is 127 cm³/mol. The van der Waals surface area contributed by atoms with Gasteiger partial charge in [0.15, 0.2) is 11.2 Å². The zero-order chi connectivity index (χ0) is 23.1. The van der Waals surface area contributed by atoms with Crippen LogP contribution in [0.2, 0.25) is 0 Å². The second-order valence-corrected chi connectivity index (χ2v) is 8.43. The lowest BCUT2D eigenvalue weighted by atomic mass is 10.1. The molecule has 2 N–H and O–H groups in total. The van der Waals surface area contributed by atoms with Crippen molar-refractivity contribution < 1.29 is 4.42 Å². The van der Waals surface area contributed by atoms with Crippen LogP contribution in [0, 0.1) is 11.8 Å². The zero-order valence-electron chi connectivity index (χ0n) is 18.7. The normalized spacial score (nSPS) is 16.3. The molecule has 1 saturated heterocycles. The Morgan fingerprint density at radius 2 is 2.06 bits per heavy atom. The molecule has 1 aliphatic rings. The summed E-state index contributed by atoms with van der Waals surface area (Å²) in [7, 11) is 1.63. The Hall–Kier alpha value is -3.77. The molecule has 0 unspecified atom stereocenters. The van der Waals surface area contributed by atoms with Crippen LogP contribution in [-0.2, 0) is 20.1 Å². The molecule has 1 aliphatic heterocycles. The molecule has 4 aromatic rings. The van der Waals surface area contributed by atoms with Gasteiger partial charge in [0.25, 0.3) is 5.56 Å². The molecule has 0 spiro atoms. The van der Waals surface area contributed by atoms with E-state index in [-0.39, 0.29) is 12.6 Å². The van der Waals surface area contributed by atoms with Gasteiger partial charge in [0.05, 0.1) is 13.1 Å². The van der Waals surface area contributed by atoms with E-state index in [4.69, 9.17) is 15.1 Å². The van der Waals surface area contributed by atoms with E-state index in [1.807, 2.05) is 30.3 Å². The van der Waals surface area contributed by atoms with Crippen molar-refractivity contribution in [1.82, 2.24) is 18.7 Å². The lowest BCUT2D eigenvalue weighted by Gasteiger charge is -2.31. The molecule has 0 bridgehead atoms. The number of aryl methyl sites for hydroxylation is 1. The molecule has 0 aliphatic carbocycles. The predicted octanol–water partition coefficient (Wildman–Crippen LogP) is 1.64. The Bertz CT molecular complexity index is 1490. The van der Waals surface area contributed by atoms with Gasteiger partial charge in [-0.3, -0.25) is 18.5 Å². The van der Waals surface area contributed by atoms with Crippen molar-refractivity contribution in [2.24, 2.45) is 12.8 Å². The van der Waals surface area contributed by atoms with Crippen LogP contribution in [0.15, 0.2) is 44.3 Å². The Morgan fingerprint density at radius 1 is 1.24 bits per heavy atom. The summed E-state index contributed by atoms with van der Waals surface area (Å²) >= 11 is 0. The van der Waals surface area contributed by atoms with Crippen LogP contribution in [0.4, 0.5) is 5.95 Å². The number of furan rings is 1. The first-order chi connectivity index (χ1) is 16.0. The van der Waals surface area contributed by atoms with Gasteiger partial charge in [-0.25, -0.2) is 4.79 Å². The van der Waals surface area contributed by atoms with E-state index in [0.29, 0.717) is 41.5 Å². The Balaban J connectivity index is 1.68. The maximum Gasteiger partial charge on any atom is 0.332 e. The molecule has 0 amide bonds. The highest BCUT2D eigenvalue weighted by atomic mass is 16.3. The Labute approximate surface area is 190 Å². The third-order valence-corrected chi connectivity index (χ3v) is 6.16. The SMILES string of the molecule is CC#CCn1c(N2CCC[C@@H](N)C2)nc2c1c(=O)n(Cc1cc3ccccc3o1)c(=O)n2C. The van der Waals surface area contributed by atoms with E-state index in [0.717, 1.165) is 24.8 Å². The molecule has 4 heterocycles. The Morgan fingerprint density at radius 3 is 2.82 bits per heavy atom. The van der Waals surface area contributed by atoms with Gasteiger partial charge < -0.3 is 15.1 Å². The first-order valence-electron chi connectivity index (χ1n) is 11.1. The lowest BCUT2D eigenvalue weighted by molar-refractivity contribution is 0.496. The molecule has 9 nitrogen and oxygen atoms in total. The fourth-order valence-corrected chi connectivity index (χ4v) is 4.51. The standard InChI is InChI=1S/C24H26N6O3/c1-3-4-12-29-20-21(26-23(29)28-11-7-9-17(25)14-28)27(2)24(32)30(22(20)31)15-18-13-16-8-5-6-10-19(16)33-18/h5-6,8,10,13,17H,7,9,11-12,14-15,25H2,1-2H3/t17-/m1/s1. The third-order valence-electron chi connectivity index (χ3n) is 6.16. The second kappa shape index (κ2) is 8.30. The van der Waals surface area contributed by atoms with Crippen LogP contribution in [0.5, 0.6) is 0 Å². The number of piperidine rings is 1. The number of hydrogen-bond acceptors (Lipinski definition) is 6. The van der Waals surface area contributed by atoms with E-state index in [1.54, 1.807) is 18.5 Å². The molecule has 0 radical (unpaired) electrons. The molecule has 1 atom stereocenters. The van der Waals surface area contributed by atoms with E-state index in [1.165, 1.54) is 9.13 Å². The molecule has 1 fully saturated rings. The summed E-state index contributed by atoms with van der Waals surface area (Å²) in [6, 6.07) is 9.48. The summed E-state index contributed by atoms with van der Waals surface area (Å²) in [4.78, 5) is 33.6. The second-order valence-electron chi connectivity index (χ2n) is 8.43. The van der Waals surface area contributed by atoms with Gasteiger partial charge in [0.2, 0.25) is 5.95 Å². The highest BCUT2D eigenvalue weighted by Gasteiger charge is 2.26. The maximum absolute atomic E-state index is 13.6. The molecule has 9 heteroatoms. The van der Waals surface area contributed by atoms with Gasteiger partial charge in [0.1, 0.15) is 11.3 Å². The monoisotopic (exact) mass is 446 g/mol. The maximum atomic E-state index is 13.6. The fourth-order valence-electron chi connectivity index (χ4n) is 4.51. The van der Waals surface area contributed by atoms with Gasteiger partial charge in [-0.05, 0) is 31.9 Å². The van der Waals surface area contributed by atoms with Gasteiger partial charge in [-0.15, -0.1) is 5.92 Å². The Kier molecular flexibility index (Phi) is 5.30. The number of anilines is 1. The smallest absolute Gasteiger partial charge is 0.332 e. The van der Waals surface area contributed by atoms with Crippen molar-refractivity contribution in [2.75, 3.05) is 18.0 Å². The number of fused-ring (bicyclic) bond motifs is 2. The first-order valence-corrected chi connectivity index (χ1v) is 11.1. The number of nitrogens with zero attached hydrogens (tertiary/aromatic N) is 5. The topological polar surface area (TPSA) is 104 Å². The van der Waals surface area contributed by atoms with Gasteiger partial charge in [0, 0.05) is 31.6 Å². The minimum absolute atomic E-state index is 0.0324. The highest BCUT2D eigenvalue weighted by molar-refractivity contribution is 5.78. The lowest BCUT2D eigenvalue weighted by Crippen LogP contribution is -2.44. The van der Waals surface area contributed by atoms with Crippen LogP contribution < -0.4 is 21.9 Å². The molecule has 1 aromatic carbocycles. The average molecular weight is 447 g/mol. The number of nitrogens with two attached hydrogens (primary N) is 1. The summed E-state index contributed by atoms with van der Waals surface area (Å²) in [6.07, 6.45) is 1.90. The van der Waals surface area contributed by atoms with E-state index >= 15 is 0 Å². The average Bonchev–Trinajstić information content (AvgIpc) is 3.40. The quantitative estimate of drug-likeness (QED) is 0.478. The summed E-state index contributed by atoms with van der Waals surface area (Å²) in [5.41, 5.74) is 6.75. The number of hydrogen-bond donors (Lipinski definition) is 1. The van der Waals surface area contributed by atoms with Crippen LogP contribution in [0.3, 0.4) is 0 Å². The molecular formula is C24H26N6O3. The highest BCUT2D eigenvalue weighted by Crippen LogP contribution is 2.23. The van der Waals surface area contributed by atoms with Gasteiger partial charge >= 0.3 is 5.69 Å². The van der Waals surface area contributed by atoms with Crippen molar-refractivity contribution in [1.29, 1.82) is 0 Å². The largest absolute Gasteiger partial charge is 0.459 e. The van der Waals surface area contributed by atoms with Crippen molar-refractivity contribution in [3.05, 3.63) is 56.9 Å². The fraction of sp³-hybridized carbons (Fsp3) is 0.375. The molecule has 33 heavy (non-hydrogen) atoms. The summed E-state index contributed by atoms with van der Waals surface area (Å²) in [5.74, 6) is 7.09. The third kappa shape index (κ3) is 3.62. The minimum atomic E-state index is -0.443. The summed E-state index contributed by atoms with van der Waals surface area (Å²) in [6.45, 7) is 3.52. The number of aromatic nitrogens is 4. The molecule has 0 saturated carbocycles. The van der Waals surface area contributed by atoms with E-state index < -0.39 is 11.2 Å². The van der Waals surface area contributed by atoms with Crippen molar-refractivity contribution >= 4 is 28.1 Å².